The first-order chi connectivity index (χ1) is 22.7. The first kappa shape index (κ1) is 31.0. The van der Waals surface area contributed by atoms with Crippen LogP contribution in [0.15, 0.2) is 182 Å². The van der Waals surface area contributed by atoms with E-state index in [9.17, 15) is 0 Å². The summed E-state index contributed by atoms with van der Waals surface area (Å²) < 4.78 is 18.5. The molecule has 1 fully saturated rings. The molecule has 0 spiro atoms. The Morgan fingerprint density at radius 1 is 0.500 bits per heavy atom. The van der Waals surface area contributed by atoms with Gasteiger partial charge in [0.05, 0.1) is 0 Å². The van der Waals surface area contributed by atoms with E-state index >= 15 is 4.57 Å². The van der Waals surface area contributed by atoms with Crippen LogP contribution in [-0.2, 0) is 4.57 Å². The summed E-state index contributed by atoms with van der Waals surface area (Å²) in [6.07, 6.45) is 1.95. The Labute approximate surface area is 276 Å². The number of benzene rings is 6. The Morgan fingerprint density at radius 3 is 1.24 bits per heavy atom. The van der Waals surface area contributed by atoms with Crippen molar-refractivity contribution in [1.82, 2.24) is 4.67 Å². The molecule has 2 nitrogen and oxygen atoms in total. The van der Waals surface area contributed by atoms with Crippen LogP contribution in [0.5, 0.6) is 0 Å². The van der Waals surface area contributed by atoms with Gasteiger partial charge < -0.3 is 0 Å². The van der Waals surface area contributed by atoms with Crippen molar-refractivity contribution in [3.05, 3.63) is 182 Å². The van der Waals surface area contributed by atoms with E-state index in [4.69, 9.17) is 0 Å². The van der Waals surface area contributed by atoms with Gasteiger partial charge in [-0.25, -0.2) is 4.67 Å². The van der Waals surface area contributed by atoms with E-state index in [2.05, 4.69) is 150 Å². The van der Waals surface area contributed by atoms with Gasteiger partial charge in [0.1, 0.15) is 0 Å². The van der Waals surface area contributed by atoms with Crippen LogP contribution in [0, 0.1) is 0 Å². The van der Waals surface area contributed by atoms with Crippen LogP contribution in [0.2, 0.25) is 0 Å². The predicted octanol–water partition coefficient (Wildman–Crippen LogP) is 7.62. The fraction of sp³-hybridized carbons (Fsp3) is 0.122. The van der Waals surface area contributed by atoms with Crippen molar-refractivity contribution in [3.63, 3.8) is 0 Å². The van der Waals surface area contributed by atoms with Crippen molar-refractivity contribution in [2.45, 2.75) is 18.1 Å². The van der Waals surface area contributed by atoms with Gasteiger partial charge in [0.15, 0.2) is 0 Å². The summed E-state index contributed by atoms with van der Waals surface area (Å²) in [5.74, 6) is 0. The number of hydrogen-bond donors (Lipinski definition) is 0. The van der Waals surface area contributed by atoms with Gasteiger partial charge in [-0.3, -0.25) is 4.57 Å². The van der Waals surface area contributed by atoms with Crippen LogP contribution >= 0.6 is 23.1 Å². The summed E-state index contributed by atoms with van der Waals surface area (Å²) in [6.45, 7) is 0.786. The largest absolute Gasteiger partial charge is 0.296 e. The van der Waals surface area contributed by atoms with Gasteiger partial charge in [-0.2, -0.15) is 0 Å². The van der Waals surface area contributed by atoms with Crippen LogP contribution in [0.25, 0.3) is 0 Å². The van der Waals surface area contributed by atoms with E-state index < -0.39 is 23.1 Å². The Hall–Kier alpha value is -3.63. The van der Waals surface area contributed by atoms with Gasteiger partial charge >= 0.3 is 0 Å². The van der Waals surface area contributed by atoms with E-state index in [0.717, 1.165) is 29.7 Å². The lowest BCUT2D eigenvalue weighted by molar-refractivity contribution is 0.422. The average Bonchev–Trinajstić information content (AvgIpc) is 3.56. The average molecular weight is 654 g/mol. The Bertz CT molecular complexity index is 1730. The molecule has 2 unspecified atom stereocenters. The molecule has 0 radical (unpaired) electrons. The van der Waals surface area contributed by atoms with Crippen LogP contribution in [0.3, 0.4) is 0 Å². The molecule has 6 aromatic rings. The molecule has 1 saturated heterocycles. The Balaban J connectivity index is 1.38. The predicted molar refractivity (Wildman–Crippen MR) is 202 cm³/mol. The van der Waals surface area contributed by atoms with Gasteiger partial charge in [0, 0.05) is 28.9 Å². The van der Waals surface area contributed by atoms with E-state index in [1.54, 1.807) is 0 Å². The van der Waals surface area contributed by atoms with Gasteiger partial charge in [0.25, 0.3) is 0 Å². The topological polar surface area (TPSA) is 20.3 Å². The summed E-state index contributed by atoms with van der Waals surface area (Å²) >= 11 is 0. The molecule has 2 atom stereocenters. The van der Waals surface area contributed by atoms with Crippen molar-refractivity contribution in [2.75, 3.05) is 12.7 Å². The van der Waals surface area contributed by atoms with Gasteiger partial charge in [-0.1, -0.05) is 158 Å². The highest BCUT2D eigenvalue weighted by Crippen LogP contribution is 2.57. The lowest BCUT2D eigenvalue weighted by atomic mass is 10.2. The van der Waals surface area contributed by atoms with Crippen molar-refractivity contribution in [3.8, 4) is 0 Å². The quantitative estimate of drug-likeness (QED) is 0.142. The van der Waals surface area contributed by atoms with Crippen molar-refractivity contribution < 1.29 is 4.57 Å². The molecule has 0 bridgehead atoms. The summed E-state index contributed by atoms with van der Waals surface area (Å²) in [4.78, 5) is 0. The van der Waals surface area contributed by atoms with Gasteiger partial charge in [0.2, 0.25) is 7.29 Å². The van der Waals surface area contributed by atoms with Gasteiger partial charge in [-0.15, -0.1) is 0 Å². The molecule has 7 rings (SSSR count). The van der Waals surface area contributed by atoms with Crippen LogP contribution in [0.1, 0.15) is 6.42 Å². The van der Waals surface area contributed by atoms with Crippen molar-refractivity contribution >= 4 is 55.0 Å². The maximum absolute atomic E-state index is 16.1. The Kier molecular flexibility index (Phi) is 9.72. The SMILES string of the molecule is O=P(c1ccccc1)(c1ccccc1)N1CC(P(c2ccccc2)c2ccccc2)CC1CP(c1ccccc1)c1ccccc1. The molecule has 228 valence electrons. The van der Waals surface area contributed by atoms with Crippen LogP contribution < -0.4 is 31.8 Å². The maximum atomic E-state index is 16.1. The summed E-state index contributed by atoms with van der Waals surface area (Å²) in [7, 11) is -4.53. The minimum atomic E-state index is -3.17. The first-order valence-electron chi connectivity index (χ1n) is 16.0. The first-order valence-corrected chi connectivity index (χ1v) is 20.6. The van der Waals surface area contributed by atoms with Crippen molar-refractivity contribution in [1.29, 1.82) is 0 Å². The minimum Gasteiger partial charge on any atom is -0.296 e. The summed E-state index contributed by atoms with van der Waals surface area (Å²) in [5, 5.41) is 7.34. The molecule has 5 heteroatoms. The van der Waals surface area contributed by atoms with Crippen molar-refractivity contribution in [2.24, 2.45) is 0 Å². The molecule has 1 heterocycles. The lowest BCUT2D eigenvalue weighted by Gasteiger charge is -2.35. The molecule has 46 heavy (non-hydrogen) atoms. The van der Waals surface area contributed by atoms with E-state index in [1.165, 1.54) is 21.2 Å². The summed E-state index contributed by atoms with van der Waals surface area (Å²) in [5.41, 5.74) is 0.356. The maximum Gasteiger partial charge on any atom is 0.207 e. The standard InChI is InChI=1S/C41H38NOP3/c43-46(40-27-15-5-16-28-40,41-29-17-6-18-30-41)42-32-39(45(37-23-11-3-12-24-37)38-25-13-4-14-26-38)31-34(42)33-44(35-19-7-1-8-20-35)36-21-9-2-10-22-36/h1-30,34,39H,31-33H2. The molecular formula is C41H38NOP3. The molecule has 1 aliphatic rings. The van der Waals surface area contributed by atoms with Crippen LogP contribution in [0.4, 0.5) is 0 Å². The second-order valence-corrected chi connectivity index (χ2v) is 19.2. The molecule has 0 N–H and O–H groups in total. The number of nitrogens with zero attached hydrogens (tertiary/aromatic N) is 1. The van der Waals surface area contributed by atoms with E-state index in [-0.39, 0.29) is 6.04 Å². The molecule has 0 saturated carbocycles. The minimum absolute atomic E-state index is 0.139. The van der Waals surface area contributed by atoms with E-state index in [0.29, 0.717) is 5.66 Å². The second kappa shape index (κ2) is 14.4. The third-order valence-electron chi connectivity index (χ3n) is 8.90. The zero-order valence-corrected chi connectivity index (χ0v) is 28.5. The molecule has 1 aliphatic heterocycles. The monoisotopic (exact) mass is 653 g/mol. The fourth-order valence-corrected chi connectivity index (χ4v) is 15.7. The molecule has 0 aliphatic carbocycles. The third kappa shape index (κ3) is 6.47. The zero-order valence-electron chi connectivity index (χ0n) is 25.8. The molecule has 0 amide bonds. The highest BCUT2D eigenvalue weighted by Gasteiger charge is 2.47. The molecule has 6 aromatic carbocycles. The van der Waals surface area contributed by atoms with Gasteiger partial charge in [-0.05, 0) is 73.9 Å². The number of rotatable bonds is 10. The lowest BCUT2D eigenvalue weighted by Crippen LogP contribution is -2.38. The number of hydrogen-bond acceptors (Lipinski definition) is 1. The molecule has 0 aromatic heterocycles. The smallest absolute Gasteiger partial charge is 0.207 e. The highest BCUT2D eigenvalue weighted by molar-refractivity contribution is 7.77. The van der Waals surface area contributed by atoms with Crippen LogP contribution in [-0.4, -0.2) is 29.1 Å². The Morgan fingerprint density at radius 2 is 0.848 bits per heavy atom. The van der Waals surface area contributed by atoms with E-state index in [1.807, 2.05) is 36.4 Å². The summed E-state index contributed by atoms with van der Waals surface area (Å²) in [6, 6.07) is 64.7. The normalized spacial score (nSPS) is 17.0. The zero-order chi connectivity index (χ0) is 31.2. The highest BCUT2D eigenvalue weighted by atomic mass is 31.2. The fourth-order valence-electron chi connectivity index (χ4n) is 6.82. The second-order valence-electron chi connectivity index (χ2n) is 11.7. The third-order valence-corrected chi connectivity index (χ3v) is 17.6. The molecular weight excluding hydrogens is 615 g/mol.